The highest BCUT2D eigenvalue weighted by molar-refractivity contribution is 5.81. The molecule has 6 heteroatoms. The van der Waals surface area contributed by atoms with Crippen LogP contribution in [0.2, 0.25) is 0 Å². The van der Waals surface area contributed by atoms with Crippen LogP contribution >= 0.6 is 0 Å². The Labute approximate surface area is 170 Å². The number of alkyl carbamates (subject to hydrolysis) is 1. The number of esters is 1. The van der Waals surface area contributed by atoms with E-state index in [2.05, 4.69) is 10.6 Å². The van der Waals surface area contributed by atoms with Gasteiger partial charge in [0.1, 0.15) is 17.7 Å². The van der Waals surface area contributed by atoms with E-state index >= 15 is 0 Å². The second-order valence-corrected chi connectivity index (χ2v) is 9.36. The average Bonchev–Trinajstić information content (AvgIpc) is 2.62. The maximum atomic E-state index is 12.8. The third-order valence-electron chi connectivity index (χ3n) is 5.58. The second-order valence-electron chi connectivity index (χ2n) is 9.36. The maximum Gasteiger partial charge on any atom is 0.408 e. The van der Waals surface area contributed by atoms with Gasteiger partial charge in [-0.25, -0.2) is 9.59 Å². The first-order chi connectivity index (χ1) is 13.3. The molecule has 0 aromatic heterocycles. The summed E-state index contributed by atoms with van der Waals surface area (Å²) >= 11 is 0. The molecule has 0 radical (unpaired) electrons. The number of amides is 1. The van der Waals surface area contributed by atoms with Crippen molar-refractivity contribution in [1.82, 2.24) is 10.6 Å². The van der Waals surface area contributed by atoms with Crippen LogP contribution in [0.25, 0.3) is 0 Å². The smallest absolute Gasteiger partial charge is 0.408 e. The van der Waals surface area contributed by atoms with Crippen molar-refractivity contribution in [3.63, 3.8) is 0 Å². The summed E-state index contributed by atoms with van der Waals surface area (Å²) in [5, 5.41) is 6.47. The van der Waals surface area contributed by atoms with Crippen LogP contribution in [0.15, 0.2) is 0 Å². The van der Waals surface area contributed by atoms with Crippen molar-refractivity contribution in [3.8, 4) is 0 Å². The van der Waals surface area contributed by atoms with Crippen LogP contribution in [-0.2, 0) is 14.3 Å². The van der Waals surface area contributed by atoms with E-state index in [0.29, 0.717) is 12.5 Å². The summed E-state index contributed by atoms with van der Waals surface area (Å²) in [5.41, 5.74) is -0.594. The molecule has 2 unspecified atom stereocenters. The van der Waals surface area contributed by atoms with E-state index in [-0.39, 0.29) is 18.1 Å². The molecular formula is C22H40N2O4. The lowest BCUT2D eigenvalue weighted by Crippen LogP contribution is -2.51. The zero-order valence-electron chi connectivity index (χ0n) is 18.2. The normalized spacial score (nSPS) is 25.0. The highest BCUT2D eigenvalue weighted by atomic mass is 16.6. The Balaban J connectivity index is 1.92. The minimum Gasteiger partial charge on any atom is -0.459 e. The number of rotatable bonds is 7. The molecule has 0 aromatic carbocycles. The van der Waals surface area contributed by atoms with Gasteiger partial charge in [0, 0.05) is 12.1 Å². The molecule has 0 saturated heterocycles. The van der Waals surface area contributed by atoms with Crippen molar-refractivity contribution in [2.24, 2.45) is 0 Å². The highest BCUT2D eigenvalue weighted by Crippen LogP contribution is 2.25. The molecule has 2 aliphatic rings. The quantitative estimate of drug-likeness (QED) is 0.622. The van der Waals surface area contributed by atoms with Crippen LogP contribution in [0, 0.1) is 0 Å². The fourth-order valence-electron chi connectivity index (χ4n) is 4.22. The summed E-state index contributed by atoms with van der Waals surface area (Å²) in [6, 6.07) is 0.117. The van der Waals surface area contributed by atoms with E-state index in [0.717, 1.165) is 25.7 Å². The monoisotopic (exact) mass is 396 g/mol. The Morgan fingerprint density at radius 1 is 1.00 bits per heavy atom. The Morgan fingerprint density at radius 3 is 2.29 bits per heavy atom. The lowest BCUT2D eigenvalue weighted by Gasteiger charge is -2.36. The average molecular weight is 397 g/mol. The molecule has 0 heterocycles. The van der Waals surface area contributed by atoms with Crippen molar-refractivity contribution in [1.29, 1.82) is 0 Å². The Morgan fingerprint density at radius 2 is 1.64 bits per heavy atom. The lowest BCUT2D eigenvalue weighted by atomic mass is 9.89. The van der Waals surface area contributed by atoms with Crippen LogP contribution in [0.5, 0.6) is 0 Å². The topological polar surface area (TPSA) is 76.7 Å². The molecule has 0 aromatic rings. The number of hydrogen-bond donors (Lipinski definition) is 2. The van der Waals surface area contributed by atoms with Gasteiger partial charge in [-0.1, -0.05) is 39.0 Å². The highest BCUT2D eigenvalue weighted by Gasteiger charge is 2.33. The maximum absolute atomic E-state index is 12.8. The fraction of sp³-hybridized carbons (Fsp3) is 0.909. The van der Waals surface area contributed by atoms with Crippen LogP contribution in [-0.4, -0.2) is 41.9 Å². The van der Waals surface area contributed by atoms with Gasteiger partial charge in [-0.15, -0.1) is 0 Å². The number of carbonyl (C=O) groups excluding carboxylic acids is 2. The number of carbonyl (C=O) groups is 2. The van der Waals surface area contributed by atoms with E-state index < -0.39 is 17.7 Å². The molecule has 1 amide bonds. The molecule has 2 rings (SSSR count). The summed E-state index contributed by atoms with van der Waals surface area (Å²) in [5.74, 6) is -0.338. The van der Waals surface area contributed by atoms with Crippen LogP contribution in [0.3, 0.4) is 0 Å². The summed E-state index contributed by atoms with van der Waals surface area (Å²) in [4.78, 5) is 24.9. The van der Waals surface area contributed by atoms with E-state index in [1.165, 1.54) is 38.5 Å². The van der Waals surface area contributed by atoms with Crippen molar-refractivity contribution in [2.75, 3.05) is 0 Å². The second kappa shape index (κ2) is 11.0. The number of ether oxygens (including phenoxy) is 2. The van der Waals surface area contributed by atoms with Gasteiger partial charge >= 0.3 is 12.1 Å². The molecule has 0 spiro atoms. The minimum absolute atomic E-state index is 0.108. The van der Waals surface area contributed by atoms with E-state index in [1.54, 1.807) is 0 Å². The summed E-state index contributed by atoms with van der Waals surface area (Å²) < 4.78 is 11.2. The van der Waals surface area contributed by atoms with Crippen molar-refractivity contribution >= 4 is 12.1 Å². The molecule has 3 atom stereocenters. The first-order valence-electron chi connectivity index (χ1n) is 11.2. The molecule has 2 aliphatic carbocycles. The van der Waals surface area contributed by atoms with E-state index in [4.69, 9.17) is 9.47 Å². The van der Waals surface area contributed by atoms with Gasteiger partial charge in [0.25, 0.3) is 0 Å². The van der Waals surface area contributed by atoms with Crippen LogP contribution in [0.4, 0.5) is 4.79 Å². The van der Waals surface area contributed by atoms with Crippen molar-refractivity contribution in [2.45, 2.75) is 128 Å². The van der Waals surface area contributed by atoms with Gasteiger partial charge in [0.2, 0.25) is 0 Å². The van der Waals surface area contributed by atoms with Gasteiger partial charge in [-0.05, 0) is 59.3 Å². The molecule has 6 nitrogen and oxygen atoms in total. The van der Waals surface area contributed by atoms with E-state index in [9.17, 15) is 9.59 Å². The molecule has 28 heavy (non-hydrogen) atoms. The van der Waals surface area contributed by atoms with Crippen LogP contribution < -0.4 is 10.6 Å². The number of nitrogens with one attached hydrogen (secondary N) is 2. The Bertz CT molecular complexity index is 497. The van der Waals surface area contributed by atoms with Gasteiger partial charge in [-0.3, -0.25) is 0 Å². The fourth-order valence-corrected chi connectivity index (χ4v) is 4.22. The largest absolute Gasteiger partial charge is 0.459 e. The predicted octanol–water partition coefficient (Wildman–Crippen LogP) is 4.46. The van der Waals surface area contributed by atoms with Crippen molar-refractivity contribution in [3.05, 3.63) is 0 Å². The summed E-state index contributed by atoms with van der Waals surface area (Å²) in [6.45, 7) is 7.42. The Hall–Kier alpha value is -1.30. The zero-order valence-corrected chi connectivity index (χ0v) is 18.2. The lowest BCUT2D eigenvalue weighted by molar-refractivity contribution is -0.155. The molecule has 2 fully saturated rings. The zero-order chi connectivity index (χ0) is 20.6. The predicted molar refractivity (Wildman–Crippen MR) is 110 cm³/mol. The summed E-state index contributed by atoms with van der Waals surface area (Å²) in [6.07, 6.45) is 11.2. The first kappa shape index (κ1) is 23.0. The molecule has 162 valence electrons. The Kier molecular flexibility index (Phi) is 9.06. The third kappa shape index (κ3) is 7.98. The van der Waals surface area contributed by atoms with Crippen molar-refractivity contribution < 1.29 is 19.1 Å². The van der Waals surface area contributed by atoms with Gasteiger partial charge in [0.15, 0.2) is 0 Å². The minimum atomic E-state index is -0.655. The first-order valence-corrected chi connectivity index (χ1v) is 11.2. The standard InChI is InChI=1S/C22H40N2O4/c1-5-11-18(24-21(26)28-22(2,3)4)20(25)27-19-15-10-9-14-17(19)23-16-12-7-6-8-13-16/h16-19,23H,5-15H2,1-4H3,(H,24,26)/t17?,18-,19?/m0/s1. The summed E-state index contributed by atoms with van der Waals surface area (Å²) in [7, 11) is 0. The molecule has 2 N–H and O–H groups in total. The molecule has 2 saturated carbocycles. The third-order valence-corrected chi connectivity index (χ3v) is 5.58. The molecule has 0 bridgehead atoms. The molecular weight excluding hydrogens is 356 g/mol. The van der Waals surface area contributed by atoms with Gasteiger partial charge in [0.05, 0.1) is 0 Å². The van der Waals surface area contributed by atoms with E-state index in [1.807, 2.05) is 27.7 Å². The SMILES string of the molecule is CCC[C@H](NC(=O)OC(C)(C)C)C(=O)OC1CCCCC1NC1CCCCC1. The van der Waals surface area contributed by atoms with Gasteiger partial charge < -0.3 is 20.1 Å². The number of hydrogen-bond acceptors (Lipinski definition) is 5. The van der Waals surface area contributed by atoms with Gasteiger partial charge in [-0.2, -0.15) is 0 Å². The molecule has 0 aliphatic heterocycles. The van der Waals surface area contributed by atoms with Crippen LogP contribution in [0.1, 0.15) is 98.3 Å².